The number of carbonyl (C=O) groups is 10. The van der Waals surface area contributed by atoms with Crippen LogP contribution in [0.4, 0.5) is 0 Å². The summed E-state index contributed by atoms with van der Waals surface area (Å²) in [6.07, 6.45) is 4.77. The van der Waals surface area contributed by atoms with Crippen molar-refractivity contribution in [2.45, 2.75) is 109 Å². The van der Waals surface area contributed by atoms with E-state index >= 15 is 0 Å². The number of rotatable bonds is 25. The van der Waals surface area contributed by atoms with Crippen molar-refractivity contribution < 1.29 is 67.3 Å². The van der Waals surface area contributed by atoms with Gasteiger partial charge in [0.15, 0.2) is 23.0 Å². The van der Waals surface area contributed by atoms with E-state index in [1.54, 1.807) is 37.3 Å². The molecule has 20 nitrogen and oxygen atoms in total. The van der Waals surface area contributed by atoms with Gasteiger partial charge < -0.3 is 40.2 Å². The van der Waals surface area contributed by atoms with E-state index in [2.05, 4.69) is 22.9 Å². The predicted molar refractivity (Wildman–Crippen MR) is 267 cm³/mol. The molecule has 0 fully saturated rings. The number of Topliss-reactive ketones (excluding diaryl/α,β-unsaturated/α-hetero) is 3. The molecule has 4 N–H and O–H groups in total. The number of aliphatic hydroxyl groups is 1. The predicted octanol–water partition coefficient (Wildman–Crippen LogP) is 2.50. The lowest BCUT2D eigenvalue weighted by Gasteiger charge is -2.36. The van der Waals surface area contributed by atoms with Crippen LogP contribution in [0.5, 0.6) is 0 Å². The van der Waals surface area contributed by atoms with Gasteiger partial charge in [0.25, 0.3) is 11.8 Å². The van der Waals surface area contributed by atoms with Crippen LogP contribution in [0.15, 0.2) is 65.8 Å². The minimum atomic E-state index is -1.98. The lowest BCUT2D eigenvalue weighted by Crippen LogP contribution is -2.49. The highest BCUT2D eigenvalue weighted by Gasteiger charge is 2.50. The molecule has 75 heavy (non-hydrogen) atoms. The largest absolute Gasteiger partial charge is 0.387 e. The maximum Gasteiger partial charge on any atom is 0.350 e. The third-order valence-electron chi connectivity index (χ3n) is 14.5. The molecule has 0 saturated heterocycles. The topological polar surface area (TPSA) is 274 Å². The number of hydrogen-bond acceptors (Lipinski definition) is 16. The molecule has 0 spiro atoms. The van der Waals surface area contributed by atoms with Crippen molar-refractivity contribution in [3.8, 4) is 0 Å². The Morgan fingerprint density at radius 3 is 2.35 bits per heavy atom. The number of pyridine rings is 1. The van der Waals surface area contributed by atoms with Crippen LogP contribution < -0.4 is 16.0 Å². The molecule has 8 rings (SSSR count). The van der Waals surface area contributed by atoms with Crippen molar-refractivity contribution in [3.05, 3.63) is 105 Å². The quantitative estimate of drug-likeness (QED) is 0.0312. The Morgan fingerprint density at radius 2 is 1.60 bits per heavy atom. The first kappa shape index (κ1) is 53.7. The molecule has 5 amide bonds. The average Bonchev–Trinajstić information content (AvgIpc) is 3.92. The monoisotopic (exact) mass is 1030 g/mol. The molecule has 20 heteroatoms. The number of benzene rings is 2. The Balaban J connectivity index is 0.799. The van der Waals surface area contributed by atoms with Crippen LogP contribution in [0.3, 0.4) is 0 Å². The highest BCUT2D eigenvalue weighted by atomic mass is 16.6. The Labute approximate surface area is 432 Å². The standard InChI is InChI=1S/C55H60N6O14/c1-4-55(72)40-25-43-52-39(28-60(43)27-38(40)53(70)75-54(55)71)50-34(10-12-37-32(3)31(2)22-42(59-52)51(37)50)24-36(63)29-74-30-57-45(65)15-13-44(64)41(23-33-8-6-5-7-9-33)58-47(67)14-11-35(62)26-56-46(66)18-20-73-21-19-61-48(68)16-17-49(61)69/h5-9,16-17,22,25,34,41,72H,4,10-15,18-21,23-24,26-30H2,1-3H3,(H,56,66)(H,57,65)(H,58,67)/t34-,41-,55-/m0/s1. The first-order chi connectivity index (χ1) is 35.9. The molecule has 394 valence electrons. The van der Waals surface area contributed by atoms with E-state index in [4.69, 9.17) is 19.2 Å². The van der Waals surface area contributed by atoms with Crippen LogP contribution in [-0.4, -0.2) is 137 Å². The summed E-state index contributed by atoms with van der Waals surface area (Å²) in [4.78, 5) is 135. The molecule has 1 aliphatic carbocycles. The number of ether oxygens (including phenoxy) is 3. The van der Waals surface area contributed by atoms with E-state index < -0.39 is 64.7 Å². The smallest absolute Gasteiger partial charge is 0.350 e. The molecule has 0 saturated carbocycles. The molecule has 0 radical (unpaired) electrons. The fraction of sp³-hybridized carbons (Fsp3) is 0.436. The molecule has 1 aromatic heterocycles. The molecule has 3 aromatic rings. The summed E-state index contributed by atoms with van der Waals surface area (Å²) < 4.78 is 15.9. The number of nitrogens with one attached hydrogen (secondary N) is 3. The average molecular weight is 1030 g/mol. The number of cyclic esters (lactones) is 2. The first-order valence-electron chi connectivity index (χ1n) is 25.2. The van der Waals surface area contributed by atoms with E-state index in [9.17, 15) is 53.1 Å². The number of aromatic nitrogens is 1. The van der Waals surface area contributed by atoms with Gasteiger partial charge in [0.1, 0.15) is 13.3 Å². The highest BCUT2D eigenvalue weighted by molar-refractivity contribution is 6.13. The van der Waals surface area contributed by atoms with Crippen molar-refractivity contribution in [1.29, 1.82) is 0 Å². The highest BCUT2D eigenvalue weighted by Crippen LogP contribution is 2.49. The van der Waals surface area contributed by atoms with Crippen LogP contribution in [0.25, 0.3) is 16.6 Å². The van der Waals surface area contributed by atoms with Crippen LogP contribution in [0.1, 0.15) is 103 Å². The number of aryl methyl sites for hydroxylation is 2. The lowest BCUT2D eigenvalue weighted by atomic mass is 9.76. The van der Waals surface area contributed by atoms with Gasteiger partial charge in [0, 0.05) is 73.7 Å². The molecular formula is C55H60N6O14. The number of esters is 2. The van der Waals surface area contributed by atoms with Gasteiger partial charge >= 0.3 is 11.9 Å². The zero-order valence-corrected chi connectivity index (χ0v) is 42.2. The summed E-state index contributed by atoms with van der Waals surface area (Å²) in [5.41, 5.74) is 6.68. The molecule has 2 aromatic carbocycles. The maximum atomic E-state index is 13.6. The first-order valence-corrected chi connectivity index (χ1v) is 25.2. The van der Waals surface area contributed by atoms with Crippen molar-refractivity contribution in [3.63, 3.8) is 0 Å². The van der Waals surface area contributed by atoms with E-state index in [1.807, 2.05) is 24.0 Å². The molecule has 0 bridgehead atoms. The number of fused-ring (bicyclic) bond motifs is 4. The number of carbonyl (C=O) groups excluding carboxylic acids is 10. The maximum absolute atomic E-state index is 13.6. The summed E-state index contributed by atoms with van der Waals surface area (Å²) >= 11 is 0. The Kier molecular flexibility index (Phi) is 16.7. The number of imide groups is 1. The van der Waals surface area contributed by atoms with Crippen LogP contribution in [0, 0.1) is 13.8 Å². The van der Waals surface area contributed by atoms with Crippen molar-refractivity contribution in [1.82, 2.24) is 30.7 Å². The second-order valence-corrected chi connectivity index (χ2v) is 19.4. The van der Waals surface area contributed by atoms with Gasteiger partial charge in [-0.1, -0.05) is 37.3 Å². The minimum Gasteiger partial charge on any atom is -0.387 e. The van der Waals surface area contributed by atoms with Gasteiger partial charge in [-0.25, -0.2) is 14.6 Å². The van der Waals surface area contributed by atoms with Gasteiger partial charge in [-0.05, 0) is 85.4 Å². The summed E-state index contributed by atoms with van der Waals surface area (Å²) in [6, 6.07) is 10.0. The van der Waals surface area contributed by atoms with E-state index in [1.165, 1.54) is 5.56 Å². The molecule has 4 aliphatic heterocycles. The van der Waals surface area contributed by atoms with E-state index in [-0.39, 0.29) is 120 Å². The minimum absolute atomic E-state index is 0.000728. The fourth-order valence-electron chi connectivity index (χ4n) is 10.3. The third-order valence-corrected chi connectivity index (χ3v) is 14.5. The summed E-state index contributed by atoms with van der Waals surface area (Å²) in [5, 5.41) is 20.2. The Bertz CT molecular complexity index is 2960. The number of amides is 5. The number of ketones is 3. The Hall–Kier alpha value is -7.55. The van der Waals surface area contributed by atoms with Crippen molar-refractivity contribution in [2.24, 2.45) is 0 Å². The third kappa shape index (κ3) is 12.0. The number of nitrogens with zero attached hydrogens (tertiary/aromatic N) is 3. The number of hydrogen-bond donors (Lipinski definition) is 4. The van der Waals surface area contributed by atoms with Gasteiger partial charge in [-0.15, -0.1) is 0 Å². The molecule has 5 heterocycles. The molecule has 0 unspecified atom stereocenters. The van der Waals surface area contributed by atoms with Crippen LogP contribution >= 0.6 is 0 Å². The Morgan fingerprint density at radius 1 is 0.867 bits per heavy atom. The van der Waals surface area contributed by atoms with E-state index in [0.717, 1.165) is 62.2 Å². The molecular weight excluding hydrogens is 969 g/mol. The summed E-state index contributed by atoms with van der Waals surface area (Å²) in [5.74, 6) is -5.40. The fourth-order valence-corrected chi connectivity index (χ4v) is 10.3. The zero-order valence-electron chi connectivity index (χ0n) is 42.2. The van der Waals surface area contributed by atoms with Gasteiger partial charge in [0.05, 0.1) is 61.4 Å². The normalized spacial score (nSPS) is 18.8. The molecule has 5 aliphatic rings. The second-order valence-electron chi connectivity index (χ2n) is 19.4. The zero-order chi connectivity index (χ0) is 53.6. The SMILES string of the molecule is CC[C@@]1(O)C(=O)OC(=O)C2=C1C=C1c3nc4cc(C)c(C)c5c4c(c3CN1C2)[C@H](CC(=O)COCNC(=O)CCC(=O)[C@H](Cc1ccccc1)NC(=O)CCC(=O)CNC(=O)CCOCCN1C(=O)C=CC1=O)CC5. The van der Waals surface area contributed by atoms with Crippen LogP contribution in [0.2, 0.25) is 0 Å². The van der Waals surface area contributed by atoms with Gasteiger partial charge in [0.2, 0.25) is 17.7 Å². The van der Waals surface area contributed by atoms with Crippen molar-refractivity contribution in [2.75, 3.05) is 46.2 Å². The van der Waals surface area contributed by atoms with Crippen molar-refractivity contribution >= 4 is 75.4 Å². The van der Waals surface area contributed by atoms with Gasteiger partial charge in [-0.3, -0.25) is 43.3 Å². The van der Waals surface area contributed by atoms with E-state index in [0.29, 0.717) is 24.4 Å². The molecule has 3 atom stereocenters. The van der Waals surface area contributed by atoms with Crippen LogP contribution in [-0.2, 0) is 81.5 Å². The lowest BCUT2D eigenvalue weighted by molar-refractivity contribution is -0.172. The second kappa shape index (κ2) is 23.3. The summed E-state index contributed by atoms with van der Waals surface area (Å²) in [7, 11) is 0. The van der Waals surface area contributed by atoms with Gasteiger partial charge in [-0.2, -0.15) is 0 Å². The summed E-state index contributed by atoms with van der Waals surface area (Å²) in [6.45, 7) is 5.48.